The molecule has 1 N–H and O–H groups in total. The number of hydrogen-bond acceptors (Lipinski definition) is 3. The third kappa shape index (κ3) is 1.56. The lowest BCUT2D eigenvalue weighted by Gasteiger charge is -2.53. The zero-order chi connectivity index (χ0) is 11.2. The molecule has 1 aliphatic carbocycles. The molecule has 1 atom stereocenters. The molecule has 15 heavy (non-hydrogen) atoms. The number of nitriles is 1. The molecule has 2 aliphatic rings. The summed E-state index contributed by atoms with van der Waals surface area (Å²) in [6, 6.07) is 2.36. The van der Waals surface area contributed by atoms with Crippen molar-refractivity contribution in [3.8, 4) is 6.07 Å². The number of ether oxygens (including phenoxy) is 1. The molecule has 3 heteroatoms. The summed E-state index contributed by atoms with van der Waals surface area (Å²) < 4.78 is 5.60. The summed E-state index contributed by atoms with van der Waals surface area (Å²) in [6.45, 7) is 4.54. The van der Waals surface area contributed by atoms with Crippen molar-refractivity contribution < 1.29 is 9.84 Å². The molecule has 2 rings (SSSR count). The zero-order valence-corrected chi connectivity index (χ0v) is 9.55. The van der Waals surface area contributed by atoms with Gasteiger partial charge >= 0.3 is 0 Å². The molecule has 0 aromatic rings. The van der Waals surface area contributed by atoms with E-state index < -0.39 is 11.0 Å². The van der Waals surface area contributed by atoms with Crippen molar-refractivity contribution in [3.63, 3.8) is 0 Å². The largest absolute Gasteiger partial charge is 0.388 e. The normalized spacial score (nSPS) is 37.7. The van der Waals surface area contributed by atoms with Crippen molar-refractivity contribution in [2.45, 2.75) is 57.2 Å². The molecule has 2 fully saturated rings. The van der Waals surface area contributed by atoms with E-state index in [-0.39, 0.29) is 5.60 Å². The van der Waals surface area contributed by atoms with Crippen molar-refractivity contribution in [2.75, 3.05) is 6.61 Å². The first-order valence-electron chi connectivity index (χ1n) is 5.71. The number of rotatable bonds is 1. The van der Waals surface area contributed by atoms with Gasteiger partial charge in [0.05, 0.1) is 29.3 Å². The van der Waals surface area contributed by atoms with E-state index in [1.807, 2.05) is 13.8 Å². The molecular weight excluding hydrogens is 190 g/mol. The molecule has 0 amide bonds. The molecule has 1 heterocycles. The standard InChI is InChI=1S/C12H19NO2/c1-10(2)8-12(14,6-7-15-10)11(9-13)4-3-5-11/h14H,3-8H2,1-2H3. The Morgan fingerprint density at radius 2 is 1.93 bits per heavy atom. The van der Waals surface area contributed by atoms with E-state index in [9.17, 15) is 10.4 Å². The minimum absolute atomic E-state index is 0.299. The van der Waals surface area contributed by atoms with Crippen molar-refractivity contribution in [3.05, 3.63) is 0 Å². The second-order valence-corrected chi connectivity index (χ2v) is 5.61. The average molecular weight is 209 g/mol. The van der Waals surface area contributed by atoms with Crippen LogP contribution in [0.25, 0.3) is 0 Å². The highest BCUT2D eigenvalue weighted by Gasteiger charge is 2.57. The topological polar surface area (TPSA) is 53.2 Å². The Balaban J connectivity index is 2.22. The maximum atomic E-state index is 10.7. The zero-order valence-electron chi connectivity index (χ0n) is 9.55. The van der Waals surface area contributed by atoms with Gasteiger partial charge < -0.3 is 9.84 Å². The van der Waals surface area contributed by atoms with Gasteiger partial charge in [0.15, 0.2) is 0 Å². The second-order valence-electron chi connectivity index (χ2n) is 5.61. The third-order valence-corrected chi connectivity index (χ3v) is 4.04. The second kappa shape index (κ2) is 3.20. The molecule has 0 bridgehead atoms. The Kier molecular flexibility index (Phi) is 2.33. The van der Waals surface area contributed by atoms with E-state index in [2.05, 4.69) is 6.07 Å². The first-order valence-corrected chi connectivity index (χ1v) is 5.71. The molecular formula is C12H19NO2. The summed E-state index contributed by atoms with van der Waals surface area (Å²) >= 11 is 0. The molecule has 0 aromatic carbocycles. The highest BCUT2D eigenvalue weighted by atomic mass is 16.5. The number of nitrogens with zero attached hydrogens (tertiary/aromatic N) is 1. The average Bonchev–Trinajstić information content (AvgIpc) is 1.99. The van der Waals surface area contributed by atoms with Gasteiger partial charge in [0.2, 0.25) is 0 Å². The van der Waals surface area contributed by atoms with Gasteiger partial charge in [-0.2, -0.15) is 5.26 Å². The summed E-state index contributed by atoms with van der Waals surface area (Å²) in [5, 5.41) is 19.9. The molecule has 1 saturated heterocycles. The molecule has 84 valence electrons. The molecule has 0 spiro atoms. The van der Waals surface area contributed by atoms with Gasteiger partial charge in [-0.25, -0.2) is 0 Å². The van der Waals surface area contributed by atoms with Gasteiger partial charge in [-0.3, -0.25) is 0 Å². The van der Waals surface area contributed by atoms with Gasteiger partial charge in [-0.05, 0) is 26.7 Å². The molecule has 0 radical (unpaired) electrons. The lowest BCUT2D eigenvalue weighted by Crippen LogP contribution is -2.58. The minimum atomic E-state index is -0.832. The highest BCUT2D eigenvalue weighted by molar-refractivity contribution is 5.17. The van der Waals surface area contributed by atoms with Crippen LogP contribution in [-0.4, -0.2) is 22.9 Å². The monoisotopic (exact) mass is 209 g/mol. The van der Waals surface area contributed by atoms with Gasteiger partial charge in [-0.1, -0.05) is 6.42 Å². The van der Waals surface area contributed by atoms with E-state index in [1.165, 1.54) is 0 Å². The lowest BCUT2D eigenvalue weighted by atomic mass is 9.56. The molecule has 0 aromatic heterocycles. The molecule has 3 nitrogen and oxygen atoms in total. The van der Waals surface area contributed by atoms with Crippen molar-refractivity contribution >= 4 is 0 Å². The maximum absolute atomic E-state index is 10.7. The van der Waals surface area contributed by atoms with E-state index >= 15 is 0 Å². The van der Waals surface area contributed by atoms with Crippen molar-refractivity contribution in [2.24, 2.45) is 5.41 Å². The van der Waals surface area contributed by atoms with E-state index in [4.69, 9.17) is 4.74 Å². The third-order valence-electron chi connectivity index (χ3n) is 4.04. The van der Waals surface area contributed by atoms with Crippen LogP contribution in [-0.2, 0) is 4.74 Å². The predicted molar refractivity (Wildman–Crippen MR) is 56.1 cm³/mol. The Morgan fingerprint density at radius 1 is 1.27 bits per heavy atom. The first kappa shape index (κ1) is 10.9. The quantitative estimate of drug-likeness (QED) is 0.718. The van der Waals surface area contributed by atoms with Gasteiger partial charge in [-0.15, -0.1) is 0 Å². The van der Waals surface area contributed by atoms with Crippen LogP contribution in [0.5, 0.6) is 0 Å². The van der Waals surface area contributed by atoms with Crippen molar-refractivity contribution in [1.82, 2.24) is 0 Å². The molecule has 1 unspecified atom stereocenters. The van der Waals surface area contributed by atoms with E-state index in [0.29, 0.717) is 19.4 Å². The molecule has 1 saturated carbocycles. The van der Waals surface area contributed by atoms with E-state index in [0.717, 1.165) is 19.3 Å². The van der Waals surface area contributed by atoms with Gasteiger partial charge in [0, 0.05) is 12.8 Å². The fourth-order valence-corrected chi connectivity index (χ4v) is 2.96. The van der Waals surface area contributed by atoms with Crippen LogP contribution in [0.2, 0.25) is 0 Å². The first-order chi connectivity index (χ1) is 6.93. The van der Waals surface area contributed by atoms with Crippen molar-refractivity contribution in [1.29, 1.82) is 5.26 Å². The van der Waals surface area contributed by atoms with Crippen LogP contribution in [0.1, 0.15) is 46.0 Å². The van der Waals surface area contributed by atoms with Crippen LogP contribution in [0.3, 0.4) is 0 Å². The van der Waals surface area contributed by atoms with Crippen LogP contribution in [0, 0.1) is 16.7 Å². The van der Waals surface area contributed by atoms with Crippen LogP contribution >= 0.6 is 0 Å². The number of aliphatic hydroxyl groups is 1. The Morgan fingerprint density at radius 3 is 2.33 bits per heavy atom. The van der Waals surface area contributed by atoms with Crippen LogP contribution in [0.4, 0.5) is 0 Å². The van der Waals surface area contributed by atoms with Gasteiger partial charge in [0.25, 0.3) is 0 Å². The van der Waals surface area contributed by atoms with Crippen LogP contribution < -0.4 is 0 Å². The summed E-state index contributed by atoms with van der Waals surface area (Å²) in [5.74, 6) is 0. The Hall–Kier alpha value is -0.590. The van der Waals surface area contributed by atoms with Gasteiger partial charge in [0.1, 0.15) is 0 Å². The Bertz CT molecular complexity index is 301. The summed E-state index contributed by atoms with van der Waals surface area (Å²) in [6.07, 6.45) is 3.93. The highest BCUT2D eigenvalue weighted by Crippen LogP contribution is 2.54. The fourth-order valence-electron chi connectivity index (χ4n) is 2.96. The summed E-state index contributed by atoms with van der Waals surface area (Å²) in [4.78, 5) is 0. The summed E-state index contributed by atoms with van der Waals surface area (Å²) in [5.41, 5.74) is -1.62. The van der Waals surface area contributed by atoms with E-state index in [1.54, 1.807) is 0 Å². The lowest BCUT2D eigenvalue weighted by molar-refractivity contribution is -0.197. The maximum Gasteiger partial charge on any atom is 0.0882 e. The SMILES string of the molecule is CC1(C)CC(O)(C2(C#N)CCC2)CCO1. The fraction of sp³-hybridized carbons (Fsp3) is 0.917. The minimum Gasteiger partial charge on any atom is -0.388 e. The number of hydrogen-bond donors (Lipinski definition) is 1. The predicted octanol–water partition coefficient (Wildman–Crippen LogP) is 2.00. The smallest absolute Gasteiger partial charge is 0.0882 e. The molecule has 1 aliphatic heterocycles. The Labute approximate surface area is 91.0 Å². The summed E-state index contributed by atoms with van der Waals surface area (Å²) in [7, 11) is 0. The van der Waals surface area contributed by atoms with Crippen LogP contribution in [0.15, 0.2) is 0 Å².